The van der Waals surface area contributed by atoms with Crippen LogP contribution in [0.3, 0.4) is 0 Å². The maximum absolute atomic E-state index is 12.8. The Kier molecular flexibility index (Phi) is 8.88. The number of hydrogen-bond donors (Lipinski definition) is 5. The van der Waals surface area contributed by atoms with Crippen LogP contribution in [-0.2, 0) is 9.16 Å². The van der Waals surface area contributed by atoms with Crippen molar-refractivity contribution in [2.45, 2.75) is 31.3 Å². The number of nitrogens with one attached hydrogen (secondary N) is 4. The summed E-state index contributed by atoms with van der Waals surface area (Å²) < 4.78 is 5.82. The Morgan fingerprint density at radius 3 is 2.74 bits per heavy atom. The third kappa shape index (κ3) is 6.58. The molecule has 0 aliphatic rings. The van der Waals surface area contributed by atoms with Gasteiger partial charge in [-0.1, -0.05) is 48.6 Å². The van der Waals surface area contributed by atoms with Crippen LogP contribution in [0, 0.1) is 24.2 Å². The number of benzene rings is 2. The summed E-state index contributed by atoms with van der Waals surface area (Å²) in [6.45, 7) is 6.24. The summed E-state index contributed by atoms with van der Waals surface area (Å²) in [7, 11) is 0. The van der Waals surface area contributed by atoms with Gasteiger partial charge in [0.25, 0.3) is 5.56 Å². The molecule has 202 valence electrons. The molecule has 2 aromatic heterocycles. The van der Waals surface area contributed by atoms with E-state index in [2.05, 4.69) is 54.2 Å². The average molecular weight is 640 g/mol. The van der Waals surface area contributed by atoms with Crippen LogP contribution in [0.4, 0.5) is 16.2 Å². The molecule has 0 spiro atoms. The lowest BCUT2D eigenvalue weighted by molar-refractivity contribution is 0.147. The molecule has 1 amide bonds. The van der Waals surface area contributed by atoms with Gasteiger partial charge in [0.15, 0.2) is 0 Å². The van der Waals surface area contributed by atoms with Crippen molar-refractivity contribution in [2.24, 2.45) is 5.92 Å². The minimum atomic E-state index is -0.892. The van der Waals surface area contributed by atoms with Crippen LogP contribution >= 0.6 is 22.6 Å². The third-order valence-corrected chi connectivity index (χ3v) is 6.85. The first kappa shape index (κ1) is 28.1. The molecule has 0 radical (unpaired) electrons. The molecule has 0 fully saturated rings. The van der Waals surface area contributed by atoms with Gasteiger partial charge in [0.05, 0.1) is 41.1 Å². The number of nitrogens with zero attached hydrogens (tertiary/aromatic N) is 2. The van der Waals surface area contributed by atoms with Gasteiger partial charge in [-0.05, 0) is 53.8 Å². The fraction of sp³-hybridized carbons (Fsp3) is 0.286. The topological polar surface area (TPSA) is 156 Å². The lowest BCUT2D eigenvalue weighted by atomic mass is 10.0. The van der Waals surface area contributed by atoms with Gasteiger partial charge < -0.3 is 25.1 Å². The van der Waals surface area contributed by atoms with Gasteiger partial charge in [-0.25, -0.2) is 9.78 Å². The summed E-state index contributed by atoms with van der Waals surface area (Å²) in [6.07, 6.45) is 0.114. The molecule has 1 unspecified atom stereocenters. The Bertz CT molecular complexity index is 1600. The van der Waals surface area contributed by atoms with E-state index >= 15 is 0 Å². The number of imidazole rings is 1. The Labute approximate surface area is 239 Å². The number of aliphatic hydroxyl groups excluding tert-OH is 1. The van der Waals surface area contributed by atoms with Crippen LogP contribution in [0.1, 0.15) is 42.2 Å². The summed E-state index contributed by atoms with van der Waals surface area (Å²) in [6, 6.07) is 12.6. The minimum Gasteiger partial charge on any atom is -0.449 e. The zero-order chi connectivity index (χ0) is 28.1. The van der Waals surface area contributed by atoms with Gasteiger partial charge in [-0.2, -0.15) is 5.26 Å². The van der Waals surface area contributed by atoms with Gasteiger partial charge in [0, 0.05) is 22.9 Å². The molecule has 5 N–H and O–H groups in total. The number of alkyl halides is 1. The molecule has 1 atom stereocenters. The first-order valence-electron chi connectivity index (χ1n) is 12.4. The number of carbonyl (C=O) groups is 1. The standard InChI is InChI=1S/C28H29IN6O4/c1-15(2)14-39-28(38)34-20-5-4-18(10-19(20)11-29)23(36)13-32-21-6-7-31-27(37)24(21)26-33-22-9-17(12-30)8-16(3)25(22)35-26/h4-10,15,23,36H,11,13-14H2,1-3H3,(H,33,35)(H,34,38)(H2,31,32,37). The number of aliphatic hydroxyl groups is 1. The number of ether oxygens (including phenoxy) is 1. The smallest absolute Gasteiger partial charge is 0.411 e. The molecule has 2 aromatic carbocycles. The third-order valence-electron chi connectivity index (χ3n) is 6.03. The van der Waals surface area contributed by atoms with Gasteiger partial charge in [0.1, 0.15) is 11.4 Å². The normalized spacial score (nSPS) is 11.8. The van der Waals surface area contributed by atoms with E-state index in [1.54, 1.807) is 30.3 Å². The number of hydrogen-bond acceptors (Lipinski definition) is 7. The van der Waals surface area contributed by atoms with Crippen molar-refractivity contribution < 1.29 is 14.6 Å². The van der Waals surface area contributed by atoms with E-state index in [1.807, 2.05) is 26.8 Å². The lowest BCUT2D eigenvalue weighted by Crippen LogP contribution is -2.18. The van der Waals surface area contributed by atoms with E-state index in [-0.39, 0.29) is 18.0 Å². The van der Waals surface area contributed by atoms with Crippen molar-refractivity contribution in [1.29, 1.82) is 5.26 Å². The van der Waals surface area contributed by atoms with Crippen molar-refractivity contribution >= 4 is 51.1 Å². The number of pyridine rings is 1. The van der Waals surface area contributed by atoms with Crippen molar-refractivity contribution in [2.75, 3.05) is 23.8 Å². The largest absolute Gasteiger partial charge is 0.449 e. The number of aromatic amines is 2. The molecule has 2 heterocycles. The maximum Gasteiger partial charge on any atom is 0.411 e. The van der Waals surface area contributed by atoms with Crippen molar-refractivity contribution in [3.05, 3.63) is 75.2 Å². The molecule has 0 saturated heterocycles. The summed E-state index contributed by atoms with van der Waals surface area (Å²) >= 11 is 2.20. The van der Waals surface area contributed by atoms with Crippen molar-refractivity contribution in [3.8, 4) is 17.5 Å². The van der Waals surface area contributed by atoms with Crippen molar-refractivity contribution in [3.63, 3.8) is 0 Å². The number of halogens is 1. The van der Waals surface area contributed by atoms with Gasteiger partial charge in [0.2, 0.25) is 0 Å². The minimum absolute atomic E-state index is 0.123. The second-order valence-electron chi connectivity index (χ2n) is 9.55. The molecule has 10 nitrogen and oxygen atoms in total. The molecule has 0 aliphatic carbocycles. The quantitative estimate of drug-likeness (QED) is 0.121. The van der Waals surface area contributed by atoms with E-state index in [0.717, 1.165) is 11.1 Å². The Morgan fingerprint density at radius 2 is 2.03 bits per heavy atom. The second-order valence-corrected chi connectivity index (χ2v) is 10.3. The van der Waals surface area contributed by atoms with Crippen LogP contribution in [0.25, 0.3) is 22.4 Å². The van der Waals surface area contributed by atoms with E-state index < -0.39 is 12.2 Å². The highest BCUT2D eigenvalue weighted by Gasteiger charge is 2.18. The molecular weight excluding hydrogens is 611 g/mol. The van der Waals surface area contributed by atoms with Crippen LogP contribution in [0.5, 0.6) is 0 Å². The van der Waals surface area contributed by atoms with Gasteiger partial charge in [-0.3, -0.25) is 10.1 Å². The molecule has 0 bridgehead atoms. The highest BCUT2D eigenvalue weighted by Crippen LogP contribution is 2.28. The summed E-state index contributed by atoms with van der Waals surface area (Å²) in [4.78, 5) is 35.4. The first-order valence-corrected chi connectivity index (χ1v) is 13.9. The highest BCUT2D eigenvalue weighted by atomic mass is 127. The number of fused-ring (bicyclic) bond motifs is 1. The predicted molar refractivity (Wildman–Crippen MR) is 159 cm³/mol. The number of rotatable bonds is 9. The Balaban J connectivity index is 1.53. The molecule has 11 heteroatoms. The average Bonchev–Trinajstić information content (AvgIpc) is 3.35. The number of anilines is 2. The van der Waals surface area contributed by atoms with Crippen LogP contribution < -0.4 is 16.2 Å². The number of aromatic nitrogens is 3. The van der Waals surface area contributed by atoms with Crippen molar-refractivity contribution in [1.82, 2.24) is 15.0 Å². The monoisotopic (exact) mass is 640 g/mol. The summed E-state index contributed by atoms with van der Waals surface area (Å²) in [5, 5.41) is 26.2. The Morgan fingerprint density at radius 1 is 1.23 bits per heavy atom. The van der Waals surface area contributed by atoms with E-state index in [9.17, 15) is 20.0 Å². The van der Waals surface area contributed by atoms with E-state index in [1.165, 1.54) is 6.20 Å². The van der Waals surface area contributed by atoms with Gasteiger partial charge in [-0.15, -0.1) is 0 Å². The van der Waals surface area contributed by atoms with E-state index in [0.29, 0.717) is 56.0 Å². The molecular formula is C28H29IN6O4. The predicted octanol–water partition coefficient (Wildman–Crippen LogP) is 5.38. The molecule has 4 rings (SSSR count). The fourth-order valence-corrected chi connectivity index (χ4v) is 4.73. The zero-order valence-corrected chi connectivity index (χ0v) is 23.9. The SMILES string of the molecule is Cc1cc(C#N)cc2[nH]c(-c3c(NCC(O)c4ccc(NC(=O)OCC(C)C)c(CI)c4)cc[nH]c3=O)nc12. The number of nitriles is 1. The number of aryl methyl sites for hydroxylation is 1. The highest BCUT2D eigenvalue weighted by molar-refractivity contribution is 14.1. The number of H-pyrrole nitrogens is 2. The van der Waals surface area contributed by atoms with Crippen LogP contribution in [-0.4, -0.2) is 39.3 Å². The first-order chi connectivity index (χ1) is 18.7. The molecule has 0 aliphatic heterocycles. The van der Waals surface area contributed by atoms with E-state index in [4.69, 9.17) is 4.74 Å². The lowest BCUT2D eigenvalue weighted by Gasteiger charge is -2.17. The van der Waals surface area contributed by atoms with Crippen LogP contribution in [0.2, 0.25) is 0 Å². The molecule has 4 aromatic rings. The molecule has 39 heavy (non-hydrogen) atoms. The second kappa shape index (κ2) is 12.3. The summed E-state index contributed by atoms with van der Waals surface area (Å²) in [5.41, 5.74) is 5.22. The van der Waals surface area contributed by atoms with Crippen LogP contribution in [0.15, 0.2) is 47.4 Å². The zero-order valence-electron chi connectivity index (χ0n) is 21.8. The number of amides is 1. The maximum atomic E-state index is 12.8. The number of carbonyl (C=O) groups excluding carboxylic acids is 1. The molecule has 0 saturated carbocycles. The van der Waals surface area contributed by atoms with Gasteiger partial charge >= 0.3 is 6.09 Å². The summed E-state index contributed by atoms with van der Waals surface area (Å²) in [5.74, 6) is 0.590. The fourth-order valence-electron chi connectivity index (χ4n) is 4.10. The Hall–Kier alpha value is -3.89.